The number of hydrogen-bond acceptors (Lipinski definition) is 1. The van der Waals surface area contributed by atoms with Crippen LogP contribution in [-0.2, 0) is 6.54 Å². The molecule has 0 heterocycles. The topological polar surface area (TPSA) is 12.0 Å². The third kappa shape index (κ3) is 3.31. The fourth-order valence-electron chi connectivity index (χ4n) is 2.37. The normalized spacial score (nSPS) is 14.5. The van der Waals surface area contributed by atoms with E-state index in [9.17, 15) is 4.39 Å². The SMILES string of the molecule is Cc1ccc(CNC2CC2)c(-c2ccc(Br)c(Cl)c2F)c1. The summed E-state index contributed by atoms with van der Waals surface area (Å²) < 4.78 is 15.1. The molecule has 0 bridgehead atoms. The Labute approximate surface area is 137 Å². The highest BCUT2D eigenvalue weighted by Crippen LogP contribution is 2.35. The molecule has 1 nitrogen and oxygen atoms in total. The molecular formula is C17H16BrClFN. The zero-order valence-corrected chi connectivity index (χ0v) is 14.1. The summed E-state index contributed by atoms with van der Waals surface area (Å²) >= 11 is 9.28. The van der Waals surface area contributed by atoms with Gasteiger partial charge in [-0.3, -0.25) is 0 Å². The Bertz CT molecular complexity index is 683. The van der Waals surface area contributed by atoms with E-state index in [2.05, 4.69) is 33.4 Å². The summed E-state index contributed by atoms with van der Waals surface area (Å²) in [6.45, 7) is 2.77. The minimum Gasteiger partial charge on any atom is -0.310 e. The zero-order valence-electron chi connectivity index (χ0n) is 11.7. The van der Waals surface area contributed by atoms with Crippen LogP contribution in [0.5, 0.6) is 0 Å². The van der Waals surface area contributed by atoms with Gasteiger partial charge in [-0.05, 0) is 52.9 Å². The van der Waals surface area contributed by atoms with E-state index in [0.29, 0.717) is 16.1 Å². The van der Waals surface area contributed by atoms with Crippen LogP contribution in [0.25, 0.3) is 11.1 Å². The second kappa shape index (κ2) is 6.07. The summed E-state index contributed by atoms with van der Waals surface area (Å²) in [5.74, 6) is -0.371. The fraction of sp³-hybridized carbons (Fsp3) is 0.294. The third-order valence-electron chi connectivity index (χ3n) is 3.75. The van der Waals surface area contributed by atoms with Crippen molar-refractivity contribution in [3.63, 3.8) is 0 Å². The monoisotopic (exact) mass is 367 g/mol. The second-order valence-corrected chi connectivity index (χ2v) is 6.77. The van der Waals surface area contributed by atoms with Gasteiger partial charge < -0.3 is 5.32 Å². The molecule has 2 aromatic carbocycles. The Morgan fingerprint density at radius 2 is 2.00 bits per heavy atom. The Hall–Kier alpha value is -0.900. The molecule has 3 rings (SSSR count). The molecule has 4 heteroatoms. The number of hydrogen-bond donors (Lipinski definition) is 1. The summed E-state index contributed by atoms with van der Waals surface area (Å²) in [4.78, 5) is 0. The Morgan fingerprint density at radius 3 is 2.71 bits per heavy atom. The van der Waals surface area contributed by atoms with E-state index in [4.69, 9.17) is 11.6 Å². The van der Waals surface area contributed by atoms with E-state index in [1.807, 2.05) is 13.0 Å². The van der Waals surface area contributed by atoms with E-state index in [0.717, 1.165) is 23.2 Å². The molecule has 1 fully saturated rings. The summed E-state index contributed by atoms with van der Waals surface area (Å²) in [5, 5.41) is 3.62. The molecule has 1 saturated carbocycles. The standard InChI is InChI=1S/C17H16BrClFN/c1-10-2-3-11(9-21-12-4-5-12)14(8-10)13-6-7-15(18)16(19)17(13)20/h2-3,6-8,12,21H,4-5,9H2,1H3. The van der Waals surface area contributed by atoms with Gasteiger partial charge in [0.25, 0.3) is 0 Å². The lowest BCUT2D eigenvalue weighted by Gasteiger charge is -2.13. The second-order valence-electron chi connectivity index (χ2n) is 5.54. The lowest BCUT2D eigenvalue weighted by Crippen LogP contribution is -2.16. The smallest absolute Gasteiger partial charge is 0.150 e. The number of aryl methyl sites for hydroxylation is 1. The Morgan fingerprint density at radius 1 is 1.24 bits per heavy atom. The van der Waals surface area contributed by atoms with E-state index >= 15 is 0 Å². The molecule has 2 aromatic rings. The number of benzene rings is 2. The van der Waals surface area contributed by atoms with Crippen molar-refractivity contribution in [1.29, 1.82) is 0 Å². The molecule has 0 aliphatic heterocycles. The van der Waals surface area contributed by atoms with Gasteiger partial charge in [-0.25, -0.2) is 4.39 Å². The molecular weight excluding hydrogens is 353 g/mol. The van der Waals surface area contributed by atoms with E-state index in [1.54, 1.807) is 12.1 Å². The Kier molecular flexibility index (Phi) is 4.34. The van der Waals surface area contributed by atoms with Gasteiger partial charge in [0, 0.05) is 22.6 Å². The average Bonchev–Trinajstić information content (AvgIpc) is 3.28. The van der Waals surface area contributed by atoms with Crippen molar-refractivity contribution in [3.8, 4) is 11.1 Å². The first-order valence-electron chi connectivity index (χ1n) is 7.03. The van der Waals surface area contributed by atoms with E-state index in [-0.39, 0.29) is 10.8 Å². The van der Waals surface area contributed by atoms with Crippen LogP contribution in [0.1, 0.15) is 24.0 Å². The van der Waals surface area contributed by atoms with Crippen LogP contribution in [0, 0.1) is 12.7 Å². The highest BCUT2D eigenvalue weighted by atomic mass is 79.9. The minimum atomic E-state index is -0.371. The van der Waals surface area contributed by atoms with Crippen LogP contribution >= 0.6 is 27.5 Å². The van der Waals surface area contributed by atoms with Gasteiger partial charge in [-0.15, -0.1) is 0 Å². The van der Waals surface area contributed by atoms with Crippen molar-refractivity contribution < 1.29 is 4.39 Å². The van der Waals surface area contributed by atoms with Crippen LogP contribution in [0.3, 0.4) is 0 Å². The summed E-state index contributed by atoms with van der Waals surface area (Å²) in [6.07, 6.45) is 2.47. The van der Waals surface area contributed by atoms with Crippen molar-refractivity contribution >= 4 is 27.5 Å². The van der Waals surface area contributed by atoms with Crippen molar-refractivity contribution in [2.24, 2.45) is 0 Å². The van der Waals surface area contributed by atoms with Crippen LogP contribution in [-0.4, -0.2) is 6.04 Å². The number of nitrogens with one attached hydrogen (secondary N) is 1. The molecule has 0 aromatic heterocycles. The Balaban J connectivity index is 2.03. The lowest BCUT2D eigenvalue weighted by atomic mass is 9.97. The third-order valence-corrected chi connectivity index (χ3v) is 5.01. The van der Waals surface area contributed by atoms with Crippen LogP contribution in [0.4, 0.5) is 4.39 Å². The number of halogens is 3. The van der Waals surface area contributed by atoms with Crippen molar-refractivity contribution in [1.82, 2.24) is 5.32 Å². The summed E-state index contributed by atoms with van der Waals surface area (Å²) in [6, 6.07) is 10.3. The van der Waals surface area contributed by atoms with Crippen LogP contribution in [0.15, 0.2) is 34.8 Å². The lowest BCUT2D eigenvalue weighted by molar-refractivity contribution is 0.630. The van der Waals surface area contributed by atoms with Crippen molar-refractivity contribution in [2.45, 2.75) is 32.4 Å². The molecule has 0 unspecified atom stereocenters. The molecule has 1 aliphatic rings. The van der Waals surface area contributed by atoms with Crippen molar-refractivity contribution in [3.05, 3.63) is 56.8 Å². The first-order valence-corrected chi connectivity index (χ1v) is 8.20. The van der Waals surface area contributed by atoms with Crippen LogP contribution in [0.2, 0.25) is 5.02 Å². The maximum absolute atomic E-state index is 14.5. The van der Waals surface area contributed by atoms with Gasteiger partial charge in [0.15, 0.2) is 5.82 Å². The van der Waals surface area contributed by atoms with E-state index in [1.165, 1.54) is 12.8 Å². The molecule has 1 N–H and O–H groups in total. The highest BCUT2D eigenvalue weighted by Gasteiger charge is 2.21. The predicted molar refractivity (Wildman–Crippen MR) is 89.1 cm³/mol. The number of rotatable bonds is 4. The van der Waals surface area contributed by atoms with Gasteiger partial charge in [0.2, 0.25) is 0 Å². The highest BCUT2D eigenvalue weighted by molar-refractivity contribution is 9.10. The predicted octanol–water partition coefficient (Wildman–Crippen LogP) is 5.47. The largest absolute Gasteiger partial charge is 0.310 e. The molecule has 21 heavy (non-hydrogen) atoms. The molecule has 0 amide bonds. The molecule has 0 radical (unpaired) electrons. The molecule has 1 aliphatic carbocycles. The maximum Gasteiger partial charge on any atom is 0.150 e. The van der Waals surface area contributed by atoms with E-state index < -0.39 is 0 Å². The zero-order chi connectivity index (χ0) is 15.0. The molecule has 0 saturated heterocycles. The fourth-order valence-corrected chi connectivity index (χ4v) is 2.84. The van der Waals surface area contributed by atoms with Crippen LogP contribution < -0.4 is 5.32 Å². The molecule has 110 valence electrons. The first-order chi connectivity index (χ1) is 10.1. The quantitative estimate of drug-likeness (QED) is 0.706. The van der Waals surface area contributed by atoms with Gasteiger partial charge in [0.1, 0.15) is 0 Å². The molecule has 0 spiro atoms. The summed E-state index contributed by atoms with van der Waals surface area (Å²) in [5.41, 5.74) is 3.68. The average molecular weight is 369 g/mol. The summed E-state index contributed by atoms with van der Waals surface area (Å²) in [7, 11) is 0. The maximum atomic E-state index is 14.5. The first kappa shape index (κ1) is 15.0. The van der Waals surface area contributed by atoms with Gasteiger partial charge in [-0.2, -0.15) is 0 Å². The van der Waals surface area contributed by atoms with Gasteiger partial charge >= 0.3 is 0 Å². The van der Waals surface area contributed by atoms with Gasteiger partial charge in [-0.1, -0.05) is 41.4 Å². The molecule has 0 atom stereocenters. The van der Waals surface area contributed by atoms with Gasteiger partial charge in [0.05, 0.1) is 5.02 Å². The minimum absolute atomic E-state index is 0.134. The van der Waals surface area contributed by atoms with Crippen molar-refractivity contribution in [2.75, 3.05) is 0 Å².